The fraction of sp³-hybridized carbons (Fsp3) is 0.257. The van der Waals surface area contributed by atoms with Crippen molar-refractivity contribution in [2.75, 3.05) is 0 Å². The maximum Gasteiger partial charge on any atom is 0.193 e. The molecule has 194 valence electrons. The molecule has 0 spiro atoms. The number of ketones is 2. The van der Waals surface area contributed by atoms with Gasteiger partial charge in [0, 0.05) is 22.3 Å². The van der Waals surface area contributed by atoms with Crippen molar-refractivity contribution in [2.45, 2.75) is 58.0 Å². The summed E-state index contributed by atoms with van der Waals surface area (Å²) in [5.41, 5.74) is 3.71. The summed E-state index contributed by atoms with van der Waals surface area (Å²) < 4.78 is 6.46. The van der Waals surface area contributed by atoms with E-state index in [0.29, 0.717) is 22.3 Å². The molecule has 0 aliphatic rings. The van der Waals surface area contributed by atoms with Crippen molar-refractivity contribution >= 4 is 11.6 Å². The monoisotopic (exact) mass is 504 g/mol. The van der Waals surface area contributed by atoms with Crippen LogP contribution in [0.1, 0.15) is 95.4 Å². The molecule has 4 aromatic carbocycles. The van der Waals surface area contributed by atoms with Crippen molar-refractivity contribution in [3.8, 4) is 5.75 Å². The Bertz CT molecular complexity index is 1280. The minimum Gasteiger partial charge on any atom is -0.486 e. The van der Waals surface area contributed by atoms with Crippen molar-refractivity contribution in [3.05, 3.63) is 137 Å². The molecule has 4 rings (SSSR count). The molecule has 0 radical (unpaired) electrons. The predicted octanol–water partition coefficient (Wildman–Crippen LogP) is 9.02. The normalized spacial score (nSPS) is 11.6. The Morgan fingerprint density at radius 2 is 1.00 bits per heavy atom. The molecular formula is C35H36O3. The molecular weight excluding hydrogens is 468 g/mol. The fourth-order valence-corrected chi connectivity index (χ4v) is 4.61. The van der Waals surface area contributed by atoms with E-state index in [4.69, 9.17) is 4.74 Å². The van der Waals surface area contributed by atoms with E-state index < -0.39 is 0 Å². The van der Waals surface area contributed by atoms with E-state index >= 15 is 0 Å². The topological polar surface area (TPSA) is 43.4 Å². The predicted molar refractivity (Wildman–Crippen MR) is 154 cm³/mol. The van der Waals surface area contributed by atoms with E-state index in [1.165, 1.54) is 32.1 Å². The van der Waals surface area contributed by atoms with Gasteiger partial charge in [-0.25, -0.2) is 0 Å². The number of carbonyl (C=O) groups is 2. The molecule has 0 aliphatic carbocycles. The molecule has 0 aromatic heterocycles. The second-order valence-corrected chi connectivity index (χ2v) is 9.70. The third kappa shape index (κ3) is 7.52. The molecule has 0 fully saturated rings. The quantitative estimate of drug-likeness (QED) is 0.127. The van der Waals surface area contributed by atoms with Crippen LogP contribution in [0.25, 0.3) is 0 Å². The Morgan fingerprint density at radius 3 is 1.53 bits per heavy atom. The van der Waals surface area contributed by atoms with Gasteiger partial charge in [0.25, 0.3) is 0 Å². The van der Waals surface area contributed by atoms with Crippen LogP contribution in [0.4, 0.5) is 0 Å². The van der Waals surface area contributed by atoms with Crippen LogP contribution in [-0.2, 0) is 0 Å². The summed E-state index contributed by atoms with van der Waals surface area (Å²) in [5.74, 6) is 0.749. The lowest BCUT2D eigenvalue weighted by molar-refractivity contribution is 0.103. The first-order chi connectivity index (χ1) is 18.7. The molecule has 0 saturated carbocycles. The molecule has 4 aromatic rings. The third-order valence-corrected chi connectivity index (χ3v) is 6.83. The average molecular weight is 505 g/mol. The van der Waals surface area contributed by atoms with Gasteiger partial charge in [-0.2, -0.15) is 0 Å². The van der Waals surface area contributed by atoms with Crippen LogP contribution in [-0.4, -0.2) is 11.6 Å². The minimum atomic E-state index is -0.127. The van der Waals surface area contributed by atoms with Crippen LogP contribution >= 0.6 is 0 Å². The molecule has 1 atom stereocenters. The Balaban J connectivity index is 1.46. The van der Waals surface area contributed by atoms with E-state index in [0.717, 1.165) is 24.2 Å². The van der Waals surface area contributed by atoms with Gasteiger partial charge in [0.1, 0.15) is 11.9 Å². The van der Waals surface area contributed by atoms with Crippen LogP contribution in [0.2, 0.25) is 0 Å². The molecule has 0 aliphatic heterocycles. The molecule has 0 amide bonds. The Hall–Kier alpha value is -3.98. The van der Waals surface area contributed by atoms with Gasteiger partial charge < -0.3 is 4.74 Å². The van der Waals surface area contributed by atoms with E-state index in [1.54, 1.807) is 0 Å². The Morgan fingerprint density at radius 1 is 0.553 bits per heavy atom. The highest BCUT2D eigenvalue weighted by Crippen LogP contribution is 2.28. The van der Waals surface area contributed by atoms with Crippen molar-refractivity contribution < 1.29 is 14.3 Å². The maximum atomic E-state index is 12.8. The van der Waals surface area contributed by atoms with Crippen LogP contribution in [0.15, 0.2) is 109 Å². The average Bonchev–Trinajstić information content (AvgIpc) is 2.99. The molecule has 3 heteroatoms. The molecule has 3 nitrogen and oxygen atoms in total. The van der Waals surface area contributed by atoms with Crippen molar-refractivity contribution in [3.63, 3.8) is 0 Å². The van der Waals surface area contributed by atoms with Crippen LogP contribution in [0.3, 0.4) is 0 Å². The number of carbonyl (C=O) groups excluding carboxylic acids is 2. The van der Waals surface area contributed by atoms with E-state index in [-0.39, 0.29) is 17.7 Å². The first-order valence-corrected chi connectivity index (χ1v) is 13.7. The van der Waals surface area contributed by atoms with Crippen LogP contribution in [0.5, 0.6) is 5.75 Å². The van der Waals surface area contributed by atoms with Crippen LogP contribution < -0.4 is 4.74 Å². The second-order valence-electron chi connectivity index (χ2n) is 9.70. The SMILES string of the molecule is CCCCCCCCC(Oc1ccc(C(=O)c2ccccc2)cc1)c1ccc(C(=O)c2ccccc2)cc1. The molecule has 0 N–H and O–H groups in total. The minimum absolute atomic E-state index is 0.000508. The van der Waals surface area contributed by atoms with Gasteiger partial charge in [0.05, 0.1) is 0 Å². The first-order valence-electron chi connectivity index (χ1n) is 13.7. The number of unbranched alkanes of at least 4 members (excludes halogenated alkanes) is 5. The summed E-state index contributed by atoms with van der Waals surface area (Å²) >= 11 is 0. The highest BCUT2D eigenvalue weighted by atomic mass is 16.5. The number of hydrogen-bond acceptors (Lipinski definition) is 3. The molecule has 1 unspecified atom stereocenters. The summed E-state index contributed by atoms with van der Waals surface area (Å²) in [7, 11) is 0. The van der Waals surface area contributed by atoms with Gasteiger partial charge in [0.15, 0.2) is 11.6 Å². The van der Waals surface area contributed by atoms with E-state index in [2.05, 4.69) is 6.92 Å². The first kappa shape index (κ1) is 27.1. The van der Waals surface area contributed by atoms with Gasteiger partial charge in [-0.1, -0.05) is 124 Å². The summed E-state index contributed by atoms with van der Waals surface area (Å²) in [6.45, 7) is 2.23. The molecule has 0 bridgehead atoms. The van der Waals surface area contributed by atoms with Gasteiger partial charge in [-0.3, -0.25) is 9.59 Å². The number of ether oxygens (including phenoxy) is 1. The largest absolute Gasteiger partial charge is 0.486 e. The van der Waals surface area contributed by atoms with Crippen molar-refractivity contribution in [2.24, 2.45) is 0 Å². The molecule has 38 heavy (non-hydrogen) atoms. The van der Waals surface area contributed by atoms with Gasteiger partial charge in [-0.05, 0) is 42.7 Å². The second kappa shape index (κ2) is 14.1. The van der Waals surface area contributed by atoms with E-state index in [1.807, 2.05) is 109 Å². The zero-order chi connectivity index (χ0) is 26.6. The third-order valence-electron chi connectivity index (χ3n) is 6.83. The molecule has 0 saturated heterocycles. The van der Waals surface area contributed by atoms with Crippen molar-refractivity contribution in [1.29, 1.82) is 0 Å². The van der Waals surface area contributed by atoms with E-state index in [9.17, 15) is 9.59 Å². The standard InChI is InChI=1S/C35H36O3/c1-2-3-4-5-6-13-18-33(27-19-21-30(22-20-27)34(36)28-14-9-7-10-15-28)38-32-25-23-31(24-26-32)35(37)29-16-11-8-12-17-29/h7-12,14-17,19-26,33H,2-6,13,18H2,1H3. The van der Waals surface area contributed by atoms with Gasteiger partial charge in [-0.15, -0.1) is 0 Å². The van der Waals surface area contributed by atoms with Gasteiger partial charge >= 0.3 is 0 Å². The maximum absolute atomic E-state index is 12.8. The lowest BCUT2D eigenvalue weighted by Gasteiger charge is -2.20. The Labute approximate surface area is 226 Å². The Kier molecular flexibility index (Phi) is 10.0. The zero-order valence-electron chi connectivity index (χ0n) is 22.1. The van der Waals surface area contributed by atoms with Gasteiger partial charge in [0.2, 0.25) is 0 Å². The number of hydrogen-bond donors (Lipinski definition) is 0. The fourth-order valence-electron chi connectivity index (χ4n) is 4.61. The van der Waals surface area contributed by atoms with Crippen LogP contribution in [0, 0.1) is 0 Å². The highest BCUT2D eigenvalue weighted by molar-refractivity contribution is 6.09. The zero-order valence-corrected chi connectivity index (χ0v) is 22.1. The number of rotatable bonds is 14. The summed E-state index contributed by atoms with van der Waals surface area (Å²) in [4.78, 5) is 25.6. The summed E-state index contributed by atoms with van der Waals surface area (Å²) in [6.07, 6.45) is 8.04. The highest BCUT2D eigenvalue weighted by Gasteiger charge is 2.16. The number of benzene rings is 4. The smallest absolute Gasteiger partial charge is 0.193 e. The summed E-state index contributed by atoms with van der Waals surface area (Å²) in [5, 5.41) is 0. The van der Waals surface area contributed by atoms with Crippen molar-refractivity contribution in [1.82, 2.24) is 0 Å². The molecule has 0 heterocycles. The summed E-state index contributed by atoms with van der Waals surface area (Å²) in [6, 6.07) is 33.9. The lowest BCUT2D eigenvalue weighted by atomic mass is 9.98. The lowest BCUT2D eigenvalue weighted by Crippen LogP contribution is -2.09.